The van der Waals surface area contributed by atoms with Crippen LogP contribution in [0.4, 0.5) is 0 Å². The van der Waals surface area contributed by atoms with Gasteiger partial charge >= 0.3 is 0 Å². The standard InChI is InChI=1S/C15H21ClO2/c1-4-7-17-14-6-5-12(16)9-13(14)10(2)8-15-11(3)18-15/h5-6,9-11,15H,4,7-8H2,1-3H3. The molecule has 2 rings (SSSR count). The molecular formula is C15H21ClO2. The van der Waals surface area contributed by atoms with Crippen molar-refractivity contribution in [1.82, 2.24) is 0 Å². The Morgan fingerprint density at radius 1 is 1.44 bits per heavy atom. The Morgan fingerprint density at radius 3 is 2.78 bits per heavy atom. The lowest BCUT2D eigenvalue weighted by molar-refractivity contribution is 0.310. The molecule has 3 unspecified atom stereocenters. The molecule has 3 heteroatoms. The Bertz CT molecular complexity index is 405. The predicted molar refractivity (Wildman–Crippen MR) is 74.6 cm³/mol. The van der Waals surface area contributed by atoms with E-state index in [1.807, 2.05) is 18.2 Å². The molecule has 3 atom stereocenters. The van der Waals surface area contributed by atoms with E-state index in [0.29, 0.717) is 18.1 Å². The van der Waals surface area contributed by atoms with E-state index < -0.39 is 0 Å². The lowest BCUT2D eigenvalue weighted by atomic mass is 9.94. The molecule has 1 aliphatic heterocycles. The number of ether oxygens (including phenoxy) is 2. The maximum Gasteiger partial charge on any atom is 0.122 e. The van der Waals surface area contributed by atoms with E-state index in [1.54, 1.807) is 0 Å². The Balaban J connectivity index is 2.09. The van der Waals surface area contributed by atoms with Gasteiger partial charge in [-0.15, -0.1) is 0 Å². The van der Waals surface area contributed by atoms with Crippen molar-refractivity contribution in [1.29, 1.82) is 0 Å². The highest BCUT2D eigenvalue weighted by molar-refractivity contribution is 6.30. The zero-order valence-corrected chi connectivity index (χ0v) is 12.0. The molecule has 0 saturated carbocycles. The molecule has 18 heavy (non-hydrogen) atoms. The highest BCUT2D eigenvalue weighted by Crippen LogP contribution is 2.37. The summed E-state index contributed by atoms with van der Waals surface area (Å²) in [5, 5.41) is 0.769. The van der Waals surface area contributed by atoms with E-state index >= 15 is 0 Å². The van der Waals surface area contributed by atoms with Gasteiger partial charge in [0, 0.05) is 5.02 Å². The molecule has 1 aromatic rings. The molecule has 1 fully saturated rings. The molecule has 1 saturated heterocycles. The quantitative estimate of drug-likeness (QED) is 0.713. The first-order valence-electron chi connectivity index (χ1n) is 6.69. The molecule has 0 bridgehead atoms. The SMILES string of the molecule is CCCOc1ccc(Cl)cc1C(C)CC1OC1C. The van der Waals surface area contributed by atoms with Crippen molar-refractivity contribution in [3.8, 4) is 5.75 Å². The van der Waals surface area contributed by atoms with Gasteiger partial charge < -0.3 is 9.47 Å². The predicted octanol–water partition coefficient (Wildman–Crippen LogP) is 4.41. The second kappa shape index (κ2) is 5.94. The van der Waals surface area contributed by atoms with Gasteiger partial charge in [-0.3, -0.25) is 0 Å². The minimum absolute atomic E-state index is 0.401. The summed E-state index contributed by atoms with van der Waals surface area (Å²) in [4.78, 5) is 0. The Labute approximate surface area is 114 Å². The van der Waals surface area contributed by atoms with Crippen molar-refractivity contribution < 1.29 is 9.47 Å². The number of hydrogen-bond acceptors (Lipinski definition) is 2. The smallest absolute Gasteiger partial charge is 0.122 e. The van der Waals surface area contributed by atoms with Gasteiger partial charge in [0.05, 0.1) is 18.8 Å². The summed E-state index contributed by atoms with van der Waals surface area (Å²) in [6, 6.07) is 5.88. The van der Waals surface area contributed by atoms with Crippen molar-refractivity contribution in [3.63, 3.8) is 0 Å². The van der Waals surface area contributed by atoms with Gasteiger partial charge in [-0.25, -0.2) is 0 Å². The first kappa shape index (κ1) is 13.7. The minimum Gasteiger partial charge on any atom is -0.493 e. The lowest BCUT2D eigenvalue weighted by Crippen LogP contribution is -2.04. The van der Waals surface area contributed by atoms with E-state index in [4.69, 9.17) is 21.1 Å². The van der Waals surface area contributed by atoms with E-state index in [1.165, 1.54) is 5.56 Å². The molecule has 2 nitrogen and oxygen atoms in total. The maximum atomic E-state index is 6.09. The van der Waals surface area contributed by atoms with Crippen molar-refractivity contribution in [2.24, 2.45) is 0 Å². The minimum atomic E-state index is 0.401. The van der Waals surface area contributed by atoms with Gasteiger partial charge in [0.15, 0.2) is 0 Å². The molecule has 0 amide bonds. The number of hydrogen-bond donors (Lipinski definition) is 0. The van der Waals surface area contributed by atoms with Crippen LogP contribution >= 0.6 is 11.6 Å². The van der Waals surface area contributed by atoms with Crippen LogP contribution < -0.4 is 4.74 Å². The van der Waals surface area contributed by atoms with Crippen molar-refractivity contribution >= 4 is 11.6 Å². The second-order valence-electron chi connectivity index (χ2n) is 5.05. The topological polar surface area (TPSA) is 21.8 Å². The fourth-order valence-electron chi connectivity index (χ4n) is 2.20. The summed E-state index contributed by atoms with van der Waals surface area (Å²) in [5.41, 5.74) is 1.19. The monoisotopic (exact) mass is 268 g/mol. The zero-order chi connectivity index (χ0) is 13.1. The number of epoxide rings is 1. The van der Waals surface area contributed by atoms with Crippen LogP contribution in [0.3, 0.4) is 0 Å². The molecule has 0 N–H and O–H groups in total. The van der Waals surface area contributed by atoms with Crippen molar-refractivity contribution in [2.75, 3.05) is 6.61 Å². The van der Waals surface area contributed by atoms with Crippen LogP contribution in [0.1, 0.15) is 45.1 Å². The van der Waals surface area contributed by atoms with Gasteiger partial charge in [-0.2, -0.15) is 0 Å². The molecule has 0 aliphatic carbocycles. The highest BCUT2D eigenvalue weighted by Gasteiger charge is 2.35. The normalized spacial score (nSPS) is 23.8. The fraction of sp³-hybridized carbons (Fsp3) is 0.600. The average Bonchev–Trinajstić information content (AvgIpc) is 3.03. The Kier molecular flexibility index (Phi) is 4.52. The third-order valence-electron chi connectivity index (χ3n) is 3.39. The van der Waals surface area contributed by atoms with Gasteiger partial charge in [0.2, 0.25) is 0 Å². The summed E-state index contributed by atoms with van der Waals surface area (Å²) in [5.74, 6) is 1.37. The van der Waals surface area contributed by atoms with E-state index in [-0.39, 0.29) is 0 Å². The molecular weight excluding hydrogens is 248 g/mol. The average molecular weight is 269 g/mol. The summed E-state index contributed by atoms with van der Waals surface area (Å²) in [6.07, 6.45) is 2.85. The van der Waals surface area contributed by atoms with Gasteiger partial charge in [-0.1, -0.05) is 25.4 Å². The van der Waals surface area contributed by atoms with Crippen LogP contribution in [0.15, 0.2) is 18.2 Å². The third kappa shape index (κ3) is 3.39. The van der Waals surface area contributed by atoms with Crippen LogP contribution in [0.25, 0.3) is 0 Å². The fourth-order valence-corrected chi connectivity index (χ4v) is 2.38. The molecule has 1 heterocycles. The number of benzene rings is 1. The van der Waals surface area contributed by atoms with Crippen LogP contribution in [0, 0.1) is 0 Å². The molecule has 1 aliphatic rings. The van der Waals surface area contributed by atoms with E-state index in [0.717, 1.165) is 30.2 Å². The number of halogens is 1. The van der Waals surface area contributed by atoms with Crippen molar-refractivity contribution in [2.45, 2.75) is 51.7 Å². The van der Waals surface area contributed by atoms with Crippen LogP contribution in [0.2, 0.25) is 5.02 Å². The molecule has 0 spiro atoms. The van der Waals surface area contributed by atoms with Crippen LogP contribution in [0.5, 0.6) is 5.75 Å². The lowest BCUT2D eigenvalue weighted by Gasteiger charge is -2.16. The molecule has 0 aromatic heterocycles. The third-order valence-corrected chi connectivity index (χ3v) is 3.62. The summed E-state index contributed by atoms with van der Waals surface area (Å²) in [7, 11) is 0. The van der Waals surface area contributed by atoms with Crippen molar-refractivity contribution in [3.05, 3.63) is 28.8 Å². The zero-order valence-electron chi connectivity index (χ0n) is 11.3. The Hall–Kier alpha value is -0.730. The largest absolute Gasteiger partial charge is 0.493 e. The molecule has 100 valence electrons. The van der Waals surface area contributed by atoms with E-state index in [2.05, 4.69) is 20.8 Å². The summed E-state index contributed by atoms with van der Waals surface area (Å²) < 4.78 is 11.3. The van der Waals surface area contributed by atoms with Gasteiger partial charge in [0.1, 0.15) is 5.75 Å². The molecule has 1 aromatic carbocycles. The second-order valence-corrected chi connectivity index (χ2v) is 5.48. The van der Waals surface area contributed by atoms with Gasteiger partial charge in [0.25, 0.3) is 0 Å². The van der Waals surface area contributed by atoms with Gasteiger partial charge in [-0.05, 0) is 49.4 Å². The number of rotatable bonds is 6. The van der Waals surface area contributed by atoms with Crippen LogP contribution in [-0.4, -0.2) is 18.8 Å². The summed E-state index contributed by atoms with van der Waals surface area (Å²) in [6.45, 7) is 7.18. The Morgan fingerprint density at radius 2 is 2.17 bits per heavy atom. The first-order chi connectivity index (χ1) is 8.61. The highest BCUT2D eigenvalue weighted by atomic mass is 35.5. The van der Waals surface area contributed by atoms with E-state index in [9.17, 15) is 0 Å². The van der Waals surface area contributed by atoms with Crippen LogP contribution in [-0.2, 0) is 4.74 Å². The summed E-state index contributed by atoms with van der Waals surface area (Å²) >= 11 is 6.09. The maximum absolute atomic E-state index is 6.09. The molecule has 0 radical (unpaired) electrons. The first-order valence-corrected chi connectivity index (χ1v) is 7.07.